The van der Waals surface area contributed by atoms with Crippen LogP contribution in [0.25, 0.3) is 0 Å². The van der Waals surface area contributed by atoms with Crippen LogP contribution in [0.15, 0.2) is 23.4 Å². The van der Waals surface area contributed by atoms with Crippen LogP contribution in [-0.4, -0.2) is 10.9 Å². The summed E-state index contributed by atoms with van der Waals surface area (Å²) in [6.45, 7) is 4.47. The molecule has 18 heavy (non-hydrogen) atoms. The monoisotopic (exact) mass is 247 g/mol. The van der Waals surface area contributed by atoms with Crippen LogP contribution in [0.1, 0.15) is 50.2 Å². The van der Waals surface area contributed by atoms with E-state index in [0.717, 1.165) is 36.1 Å². The van der Waals surface area contributed by atoms with Gasteiger partial charge in [0.2, 0.25) is 0 Å². The second kappa shape index (κ2) is 3.81. The largest absolute Gasteiger partial charge is 0.411 e. The molecule has 0 amide bonds. The molecule has 1 saturated carbocycles. The Balaban J connectivity index is 2.20. The molecular weight excluding hydrogens is 229 g/mol. The van der Waals surface area contributed by atoms with E-state index in [4.69, 9.17) is 0 Å². The van der Waals surface area contributed by atoms with Crippen LogP contribution in [0.4, 0.5) is 4.39 Å². The molecule has 0 unspecified atom stereocenters. The Labute approximate surface area is 107 Å². The van der Waals surface area contributed by atoms with Crippen LogP contribution in [0.5, 0.6) is 0 Å². The Kier molecular flexibility index (Phi) is 2.47. The summed E-state index contributed by atoms with van der Waals surface area (Å²) in [5, 5.41) is 12.8. The number of rotatable bonds is 0. The first-order valence-corrected chi connectivity index (χ1v) is 6.56. The zero-order chi connectivity index (χ0) is 12.9. The number of fused-ring (bicyclic) bond motifs is 3. The normalized spacial score (nSPS) is 31.2. The molecule has 0 spiro atoms. The van der Waals surface area contributed by atoms with E-state index in [1.54, 1.807) is 12.1 Å². The lowest BCUT2D eigenvalue weighted by atomic mass is 9.63. The Morgan fingerprint density at radius 3 is 2.89 bits per heavy atom. The zero-order valence-corrected chi connectivity index (χ0v) is 10.8. The minimum absolute atomic E-state index is 0.137. The van der Waals surface area contributed by atoms with Gasteiger partial charge in [-0.1, -0.05) is 25.4 Å². The van der Waals surface area contributed by atoms with Crippen LogP contribution >= 0.6 is 0 Å². The average Bonchev–Trinajstić information content (AvgIpc) is 2.62. The molecule has 1 N–H and O–H groups in total. The van der Waals surface area contributed by atoms with E-state index >= 15 is 0 Å². The molecule has 2 nitrogen and oxygen atoms in total. The van der Waals surface area contributed by atoms with Gasteiger partial charge in [-0.2, -0.15) is 0 Å². The van der Waals surface area contributed by atoms with Crippen molar-refractivity contribution in [3.63, 3.8) is 0 Å². The van der Waals surface area contributed by atoms with Crippen LogP contribution in [0.2, 0.25) is 0 Å². The molecule has 3 rings (SSSR count). The van der Waals surface area contributed by atoms with Crippen molar-refractivity contribution >= 4 is 5.71 Å². The summed E-state index contributed by atoms with van der Waals surface area (Å²) in [6.07, 6.45) is 3.32. The predicted molar refractivity (Wildman–Crippen MR) is 68.6 cm³/mol. The lowest BCUT2D eigenvalue weighted by Gasteiger charge is -2.40. The van der Waals surface area contributed by atoms with Gasteiger partial charge >= 0.3 is 0 Å². The van der Waals surface area contributed by atoms with Crippen molar-refractivity contribution < 1.29 is 9.60 Å². The van der Waals surface area contributed by atoms with E-state index in [2.05, 4.69) is 19.0 Å². The minimum Gasteiger partial charge on any atom is -0.411 e. The fraction of sp³-hybridized carbons (Fsp3) is 0.533. The first kappa shape index (κ1) is 11.7. The van der Waals surface area contributed by atoms with Gasteiger partial charge < -0.3 is 5.21 Å². The topological polar surface area (TPSA) is 32.6 Å². The first-order valence-electron chi connectivity index (χ1n) is 6.56. The van der Waals surface area contributed by atoms with Gasteiger partial charge in [0.1, 0.15) is 5.82 Å². The predicted octanol–water partition coefficient (Wildman–Crippen LogP) is 3.93. The number of hydrogen-bond donors (Lipinski definition) is 1. The van der Waals surface area contributed by atoms with E-state index in [1.165, 1.54) is 6.07 Å². The average molecular weight is 247 g/mol. The maximum Gasteiger partial charge on any atom is 0.123 e. The maximum atomic E-state index is 13.5. The highest BCUT2D eigenvalue weighted by molar-refractivity contribution is 6.07. The van der Waals surface area contributed by atoms with E-state index in [-0.39, 0.29) is 23.1 Å². The molecule has 2 aliphatic rings. The lowest BCUT2D eigenvalue weighted by molar-refractivity contribution is 0.173. The third-order valence-corrected chi connectivity index (χ3v) is 4.66. The van der Waals surface area contributed by atoms with E-state index < -0.39 is 0 Å². The highest BCUT2D eigenvalue weighted by atomic mass is 19.1. The molecule has 96 valence electrons. The van der Waals surface area contributed by atoms with Gasteiger partial charge in [0.25, 0.3) is 0 Å². The molecule has 2 atom stereocenters. The Morgan fingerprint density at radius 1 is 1.39 bits per heavy atom. The van der Waals surface area contributed by atoms with Crippen molar-refractivity contribution in [1.82, 2.24) is 0 Å². The smallest absolute Gasteiger partial charge is 0.123 e. The number of oxime groups is 1. The fourth-order valence-corrected chi connectivity index (χ4v) is 3.93. The zero-order valence-electron chi connectivity index (χ0n) is 10.8. The lowest BCUT2D eigenvalue weighted by Crippen LogP contribution is -2.32. The van der Waals surface area contributed by atoms with Crippen molar-refractivity contribution in [1.29, 1.82) is 0 Å². The van der Waals surface area contributed by atoms with Crippen LogP contribution in [0, 0.1) is 17.2 Å². The quantitative estimate of drug-likeness (QED) is 0.547. The highest BCUT2D eigenvalue weighted by Crippen LogP contribution is 2.55. The van der Waals surface area contributed by atoms with Gasteiger partial charge in [0, 0.05) is 11.5 Å². The fourth-order valence-electron chi connectivity index (χ4n) is 3.93. The number of halogens is 1. The summed E-state index contributed by atoms with van der Waals surface area (Å²) in [7, 11) is 0. The summed E-state index contributed by atoms with van der Waals surface area (Å²) in [5.74, 6) is 0.325. The first-order chi connectivity index (χ1) is 8.54. The van der Waals surface area contributed by atoms with E-state index in [1.807, 2.05) is 0 Å². The van der Waals surface area contributed by atoms with Crippen molar-refractivity contribution in [2.75, 3.05) is 0 Å². The maximum absolute atomic E-state index is 13.5. The number of nitrogens with zero attached hydrogens (tertiary/aromatic N) is 1. The third kappa shape index (κ3) is 1.49. The van der Waals surface area contributed by atoms with Crippen molar-refractivity contribution in [3.05, 3.63) is 35.1 Å². The SMILES string of the molecule is CC1(C)CCC[C@@H]2/C(=N/O)c3ccc(F)cc3[C@@H]21. The Morgan fingerprint density at radius 2 is 2.17 bits per heavy atom. The molecule has 3 heteroatoms. The minimum atomic E-state index is -0.201. The Bertz CT molecular complexity index is 521. The molecule has 1 aromatic rings. The van der Waals surface area contributed by atoms with Crippen LogP contribution in [-0.2, 0) is 0 Å². The van der Waals surface area contributed by atoms with E-state index in [0.29, 0.717) is 0 Å². The Hall–Kier alpha value is -1.38. The molecule has 0 bridgehead atoms. The third-order valence-electron chi connectivity index (χ3n) is 4.66. The van der Waals surface area contributed by atoms with Gasteiger partial charge in [-0.15, -0.1) is 0 Å². The van der Waals surface area contributed by atoms with Crippen molar-refractivity contribution in [3.8, 4) is 0 Å². The van der Waals surface area contributed by atoms with Crippen molar-refractivity contribution in [2.45, 2.75) is 39.0 Å². The molecule has 2 aliphatic carbocycles. The second-order valence-electron chi connectivity index (χ2n) is 6.18. The number of hydrogen-bond acceptors (Lipinski definition) is 2. The van der Waals surface area contributed by atoms with Gasteiger partial charge in [0.15, 0.2) is 0 Å². The molecule has 1 aromatic carbocycles. The number of benzene rings is 1. The summed E-state index contributed by atoms with van der Waals surface area (Å²) in [4.78, 5) is 0. The van der Waals surface area contributed by atoms with Gasteiger partial charge in [-0.05, 0) is 47.9 Å². The van der Waals surface area contributed by atoms with Crippen molar-refractivity contribution in [2.24, 2.45) is 16.5 Å². The highest BCUT2D eigenvalue weighted by Gasteiger charge is 2.48. The molecule has 1 fully saturated rings. The van der Waals surface area contributed by atoms with Gasteiger partial charge in [-0.3, -0.25) is 0 Å². The summed E-state index contributed by atoms with van der Waals surface area (Å²) < 4.78 is 13.5. The molecular formula is C15H18FNO. The summed E-state index contributed by atoms with van der Waals surface area (Å²) in [6, 6.07) is 4.83. The second-order valence-corrected chi connectivity index (χ2v) is 6.18. The van der Waals surface area contributed by atoms with Crippen LogP contribution < -0.4 is 0 Å². The van der Waals surface area contributed by atoms with Gasteiger partial charge in [0.05, 0.1) is 5.71 Å². The molecule has 0 aliphatic heterocycles. The standard InChI is InChI=1S/C15H18FNO/c1-15(2)7-3-4-11-13(15)12-8-9(16)5-6-10(12)14(11)17-18/h5-6,8,11,13,18H,3-4,7H2,1-2H3/b17-14+/t11-,13+/m0/s1. The molecule has 0 radical (unpaired) electrons. The molecule has 0 heterocycles. The van der Waals surface area contributed by atoms with Gasteiger partial charge in [-0.25, -0.2) is 4.39 Å². The van der Waals surface area contributed by atoms with E-state index in [9.17, 15) is 9.60 Å². The molecule has 0 saturated heterocycles. The summed E-state index contributed by atoms with van der Waals surface area (Å²) in [5.41, 5.74) is 2.85. The summed E-state index contributed by atoms with van der Waals surface area (Å²) >= 11 is 0. The molecule has 0 aromatic heterocycles. The van der Waals surface area contributed by atoms with Crippen LogP contribution in [0.3, 0.4) is 0 Å².